The Morgan fingerprint density at radius 2 is 2.00 bits per heavy atom. The summed E-state index contributed by atoms with van der Waals surface area (Å²) in [5.41, 5.74) is 0.821. The number of rotatable bonds is 5. The number of hydrogen-bond acceptors (Lipinski definition) is 4. The SMILES string of the molecule is CC1CCCN(Cc2ccc(NC(=O)Cn3ccc(=O)[nH]c3=O)cc2)C1. The molecule has 2 aromatic rings. The van der Waals surface area contributed by atoms with Gasteiger partial charge in [0, 0.05) is 31.0 Å². The fourth-order valence-corrected chi connectivity index (χ4v) is 3.31. The summed E-state index contributed by atoms with van der Waals surface area (Å²) in [5, 5.41) is 2.77. The Balaban J connectivity index is 1.55. The average molecular weight is 356 g/mol. The van der Waals surface area contributed by atoms with E-state index in [1.165, 1.54) is 30.7 Å². The summed E-state index contributed by atoms with van der Waals surface area (Å²) in [6.07, 6.45) is 3.86. The molecule has 1 aromatic carbocycles. The Bertz CT molecular complexity index is 869. The Morgan fingerprint density at radius 1 is 1.23 bits per heavy atom. The summed E-state index contributed by atoms with van der Waals surface area (Å²) in [5.74, 6) is 0.426. The van der Waals surface area contributed by atoms with E-state index in [0.29, 0.717) is 5.69 Å². The number of hydrogen-bond donors (Lipinski definition) is 2. The molecule has 1 aliphatic rings. The number of benzene rings is 1. The maximum Gasteiger partial charge on any atom is 0.328 e. The van der Waals surface area contributed by atoms with E-state index in [1.807, 2.05) is 24.3 Å². The third-order valence-electron chi connectivity index (χ3n) is 4.60. The van der Waals surface area contributed by atoms with E-state index in [1.54, 1.807) is 0 Å². The monoisotopic (exact) mass is 356 g/mol. The molecule has 0 saturated carbocycles. The van der Waals surface area contributed by atoms with Crippen LogP contribution in [-0.4, -0.2) is 33.4 Å². The third-order valence-corrected chi connectivity index (χ3v) is 4.60. The van der Waals surface area contributed by atoms with Crippen LogP contribution < -0.4 is 16.6 Å². The molecule has 2 N–H and O–H groups in total. The number of carbonyl (C=O) groups is 1. The normalized spacial score (nSPS) is 17.8. The lowest BCUT2D eigenvalue weighted by Gasteiger charge is -2.30. The minimum absolute atomic E-state index is 0.150. The Kier molecular flexibility index (Phi) is 5.68. The number of piperidine rings is 1. The molecule has 1 fully saturated rings. The van der Waals surface area contributed by atoms with E-state index in [4.69, 9.17) is 0 Å². The van der Waals surface area contributed by atoms with Crippen molar-refractivity contribution in [3.63, 3.8) is 0 Å². The minimum Gasteiger partial charge on any atom is -0.325 e. The van der Waals surface area contributed by atoms with Crippen LogP contribution in [0.15, 0.2) is 46.1 Å². The van der Waals surface area contributed by atoms with Crippen LogP contribution in [0.1, 0.15) is 25.3 Å². The number of carbonyl (C=O) groups excluding carboxylic acids is 1. The summed E-state index contributed by atoms with van der Waals surface area (Å²) >= 11 is 0. The van der Waals surface area contributed by atoms with Crippen LogP contribution in [0.2, 0.25) is 0 Å². The molecule has 1 aromatic heterocycles. The van der Waals surface area contributed by atoms with Gasteiger partial charge in [-0.3, -0.25) is 24.0 Å². The first-order valence-electron chi connectivity index (χ1n) is 8.90. The van der Waals surface area contributed by atoms with Gasteiger partial charge in [-0.15, -0.1) is 0 Å². The molecule has 0 bridgehead atoms. The van der Waals surface area contributed by atoms with Gasteiger partial charge in [-0.2, -0.15) is 0 Å². The standard InChI is InChI=1S/C19H24N4O3/c1-14-3-2-9-22(11-14)12-15-4-6-16(7-5-15)20-18(25)13-23-10-8-17(24)21-19(23)26/h4-8,10,14H,2-3,9,11-13H2,1H3,(H,20,25)(H,21,24,26). The van der Waals surface area contributed by atoms with Crippen molar-refractivity contribution in [1.82, 2.24) is 14.5 Å². The van der Waals surface area contributed by atoms with Crippen LogP contribution in [0.25, 0.3) is 0 Å². The van der Waals surface area contributed by atoms with Gasteiger partial charge in [-0.25, -0.2) is 4.79 Å². The van der Waals surface area contributed by atoms with Crippen molar-refractivity contribution in [2.75, 3.05) is 18.4 Å². The number of nitrogens with one attached hydrogen (secondary N) is 2. The van der Waals surface area contributed by atoms with E-state index in [-0.39, 0.29) is 12.5 Å². The highest BCUT2D eigenvalue weighted by atomic mass is 16.2. The minimum atomic E-state index is -0.598. The second-order valence-corrected chi connectivity index (χ2v) is 6.97. The van der Waals surface area contributed by atoms with E-state index in [2.05, 4.69) is 22.1 Å². The predicted molar refractivity (Wildman–Crippen MR) is 100 cm³/mol. The molecule has 0 radical (unpaired) electrons. The van der Waals surface area contributed by atoms with Crippen LogP contribution in [0.4, 0.5) is 5.69 Å². The zero-order valence-corrected chi connectivity index (χ0v) is 14.9. The van der Waals surface area contributed by atoms with E-state index >= 15 is 0 Å². The fourth-order valence-electron chi connectivity index (χ4n) is 3.31. The quantitative estimate of drug-likeness (QED) is 0.848. The lowest BCUT2D eigenvalue weighted by Crippen LogP contribution is -2.33. The molecule has 1 aliphatic heterocycles. The van der Waals surface area contributed by atoms with Crippen molar-refractivity contribution >= 4 is 11.6 Å². The molecular weight excluding hydrogens is 332 g/mol. The zero-order valence-electron chi connectivity index (χ0n) is 14.9. The van der Waals surface area contributed by atoms with Gasteiger partial charge in [-0.1, -0.05) is 19.1 Å². The average Bonchev–Trinajstić information content (AvgIpc) is 2.59. The zero-order chi connectivity index (χ0) is 18.5. The van der Waals surface area contributed by atoms with Crippen LogP contribution in [0, 0.1) is 5.92 Å². The fraction of sp³-hybridized carbons (Fsp3) is 0.421. The number of aromatic amines is 1. The maximum atomic E-state index is 12.1. The molecule has 138 valence electrons. The Morgan fingerprint density at radius 3 is 2.69 bits per heavy atom. The van der Waals surface area contributed by atoms with Gasteiger partial charge in [0.15, 0.2) is 0 Å². The van der Waals surface area contributed by atoms with Crippen LogP contribution in [-0.2, 0) is 17.9 Å². The van der Waals surface area contributed by atoms with Gasteiger partial charge in [0.05, 0.1) is 0 Å². The molecule has 0 aliphatic carbocycles. The number of nitrogens with zero attached hydrogens (tertiary/aromatic N) is 2. The van der Waals surface area contributed by atoms with Gasteiger partial charge in [0.1, 0.15) is 6.54 Å². The summed E-state index contributed by atoms with van der Waals surface area (Å²) in [4.78, 5) is 39.3. The van der Waals surface area contributed by atoms with Crippen molar-refractivity contribution in [2.24, 2.45) is 5.92 Å². The molecule has 7 heteroatoms. The molecule has 0 spiro atoms. The summed E-state index contributed by atoms with van der Waals surface area (Å²) in [6.45, 7) is 5.33. The van der Waals surface area contributed by atoms with Gasteiger partial charge in [0.2, 0.25) is 5.91 Å². The number of amides is 1. The van der Waals surface area contributed by atoms with E-state index in [9.17, 15) is 14.4 Å². The Labute approximate surface area is 151 Å². The van der Waals surface area contributed by atoms with Crippen molar-refractivity contribution in [1.29, 1.82) is 0 Å². The lowest BCUT2D eigenvalue weighted by molar-refractivity contribution is -0.116. The highest BCUT2D eigenvalue weighted by Crippen LogP contribution is 2.18. The van der Waals surface area contributed by atoms with Crippen LogP contribution >= 0.6 is 0 Å². The highest BCUT2D eigenvalue weighted by Gasteiger charge is 2.16. The van der Waals surface area contributed by atoms with Gasteiger partial charge < -0.3 is 5.32 Å². The van der Waals surface area contributed by atoms with Gasteiger partial charge >= 0.3 is 5.69 Å². The highest BCUT2D eigenvalue weighted by molar-refractivity contribution is 5.90. The number of H-pyrrole nitrogens is 1. The number of anilines is 1. The first kappa shape index (κ1) is 18.1. The van der Waals surface area contributed by atoms with Crippen molar-refractivity contribution in [2.45, 2.75) is 32.9 Å². The summed E-state index contributed by atoms with van der Waals surface area (Å²) < 4.78 is 1.16. The largest absolute Gasteiger partial charge is 0.328 e. The van der Waals surface area contributed by atoms with Crippen molar-refractivity contribution < 1.29 is 4.79 Å². The molecule has 3 rings (SSSR count). The smallest absolute Gasteiger partial charge is 0.325 e. The van der Waals surface area contributed by atoms with Crippen molar-refractivity contribution in [3.8, 4) is 0 Å². The molecule has 7 nitrogen and oxygen atoms in total. The molecule has 2 heterocycles. The van der Waals surface area contributed by atoms with E-state index in [0.717, 1.165) is 30.1 Å². The molecule has 1 amide bonds. The third kappa shape index (κ3) is 4.92. The van der Waals surface area contributed by atoms with Gasteiger partial charge in [-0.05, 0) is 43.0 Å². The molecule has 1 unspecified atom stereocenters. The summed E-state index contributed by atoms with van der Waals surface area (Å²) in [7, 11) is 0. The number of likely N-dealkylation sites (tertiary alicyclic amines) is 1. The molecule has 1 atom stereocenters. The first-order valence-corrected chi connectivity index (χ1v) is 8.90. The van der Waals surface area contributed by atoms with E-state index < -0.39 is 11.2 Å². The summed E-state index contributed by atoms with van der Waals surface area (Å²) in [6, 6.07) is 8.99. The van der Waals surface area contributed by atoms with Crippen LogP contribution in [0.3, 0.4) is 0 Å². The predicted octanol–water partition coefficient (Wildman–Crippen LogP) is 1.41. The molecular formula is C19H24N4O3. The molecule has 26 heavy (non-hydrogen) atoms. The van der Waals surface area contributed by atoms with Gasteiger partial charge in [0.25, 0.3) is 5.56 Å². The van der Waals surface area contributed by atoms with Crippen molar-refractivity contribution in [3.05, 3.63) is 62.9 Å². The maximum absolute atomic E-state index is 12.1. The second kappa shape index (κ2) is 8.14. The first-order chi connectivity index (χ1) is 12.5. The number of aromatic nitrogens is 2. The second-order valence-electron chi connectivity index (χ2n) is 6.97. The molecule has 1 saturated heterocycles. The lowest BCUT2D eigenvalue weighted by atomic mass is 10.00. The Hall–Kier alpha value is -2.67. The topological polar surface area (TPSA) is 87.2 Å². The van der Waals surface area contributed by atoms with Crippen LogP contribution in [0.5, 0.6) is 0 Å².